The Morgan fingerprint density at radius 3 is 2.87 bits per heavy atom. The quantitative estimate of drug-likeness (QED) is 0.642. The molecule has 7 nitrogen and oxygen atoms in total. The molecule has 0 bridgehead atoms. The molecule has 30 heavy (non-hydrogen) atoms. The molecule has 158 valence electrons. The molecular weight excluding hydrogens is 378 g/mol. The Hall–Kier alpha value is -2.80. The predicted molar refractivity (Wildman–Crippen MR) is 117 cm³/mol. The van der Waals surface area contributed by atoms with Gasteiger partial charge in [0.1, 0.15) is 17.2 Å². The largest absolute Gasteiger partial charge is 0.497 e. The maximum absolute atomic E-state index is 6.18. The summed E-state index contributed by atoms with van der Waals surface area (Å²) in [7, 11) is 1.67. The van der Waals surface area contributed by atoms with Gasteiger partial charge in [-0.1, -0.05) is 6.92 Å². The lowest BCUT2D eigenvalue weighted by molar-refractivity contribution is 0.226. The second-order valence-electron chi connectivity index (χ2n) is 8.19. The van der Waals surface area contributed by atoms with Crippen molar-refractivity contribution in [3.63, 3.8) is 0 Å². The van der Waals surface area contributed by atoms with Crippen LogP contribution in [-0.2, 0) is 0 Å². The van der Waals surface area contributed by atoms with Crippen molar-refractivity contribution < 1.29 is 9.47 Å². The minimum atomic E-state index is 0.292. The highest BCUT2D eigenvalue weighted by molar-refractivity contribution is 5.82. The zero-order chi connectivity index (χ0) is 20.5. The van der Waals surface area contributed by atoms with Gasteiger partial charge in [-0.15, -0.1) is 10.2 Å². The third kappa shape index (κ3) is 3.81. The van der Waals surface area contributed by atoms with Gasteiger partial charge in [-0.2, -0.15) is 0 Å². The van der Waals surface area contributed by atoms with Gasteiger partial charge in [0.05, 0.1) is 18.7 Å². The Balaban J connectivity index is 1.48. The summed E-state index contributed by atoms with van der Waals surface area (Å²) < 4.78 is 13.7. The maximum Gasteiger partial charge on any atom is 0.228 e. The van der Waals surface area contributed by atoms with Crippen LogP contribution in [0.15, 0.2) is 36.5 Å². The average molecular weight is 408 g/mol. The summed E-state index contributed by atoms with van der Waals surface area (Å²) >= 11 is 0. The molecule has 1 N–H and O–H groups in total. The van der Waals surface area contributed by atoms with Crippen LogP contribution in [0.1, 0.15) is 32.6 Å². The van der Waals surface area contributed by atoms with Crippen molar-refractivity contribution in [3.8, 4) is 22.8 Å². The molecule has 2 aromatic heterocycles. The van der Waals surface area contributed by atoms with Gasteiger partial charge < -0.3 is 19.7 Å². The minimum Gasteiger partial charge on any atom is -0.497 e. The second-order valence-corrected chi connectivity index (χ2v) is 8.19. The molecule has 0 radical (unpaired) electrons. The molecule has 2 fully saturated rings. The van der Waals surface area contributed by atoms with Crippen molar-refractivity contribution in [1.82, 2.24) is 19.5 Å². The first-order valence-electron chi connectivity index (χ1n) is 10.9. The molecular formula is C23H29N5O2. The summed E-state index contributed by atoms with van der Waals surface area (Å²) in [5.41, 5.74) is 2.78. The van der Waals surface area contributed by atoms with Crippen molar-refractivity contribution >= 4 is 11.5 Å². The van der Waals surface area contributed by atoms with Crippen LogP contribution in [0.2, 0.25) is 0 Å². The number of nitrogens with zero attached hydrogens (tertiary/aromatic N) is 4. The van der Waals surface area contributed by atoms with Crippen molar-refractivity contribution in [3.05, 3.63) is 36.5 Å². The SMILES string of the molecule is CCN1CCCC(Nc2nnc(-c3ccc(OC)cc3OC3CC3)c3cccn23)C1. The lowest BCUT2D eigenvalue weighted by Crippen LogP contribution is -2.42. The molecule has 0 spiro atoms. The number of ether oxygens (including phenoxy) is 2. The van der Waals surface area contributed by atoms with Crippen LogP contribution in [0, 0.1) is 0 Å². The fraction of sp³-hybridized carbons (Fsp3) is 0.478. The van der Waals surface area contributed by atoms with Gasteiger partial charge in [-0.05, 0) is 63.0 Å². The van der Waals surface area contributed by atoms with Crippen LogP contribution < -0.4 is 14.8 Å². The number of anilines is 1. The van der Waals surface area contributed by atoms with E-state index in [-0.39, 0.29) is 0 Å². The number of hydrogen-bond donors (Lipinski definition) is 1. The number of piperidine rings is 1. The fourth-order valence-corrected chi connectivity index (χ4v) is 4.18. The van der Waals surface area contributed by atoms with E-state index < -0.39 is 0 Å². The third-order valence-corrected chi connectivity index (χ3v) is 6.01. The van der Waals surface area contributed by atoms with E-state index in [1.54, 1.807) is 7.11 Å². The summed E-state index contributed by atoms with van der Waals surface area (Å²) in [6, 6.07) is 10.4. The van der Waals surface area contributed by atoms with Crippen LogP contribution >= 0.6 is 0 Å². The first kappa shape index (κ1) is 19.2. The highest BCUT2D eigenvalue weighted by Gasteiger charge is 2.26. The zero-order valence-corrected chi connectivity index (χ0v) is 17.7. The number of aromatic nitrogens is 3. The van der Waals surface area contributed by atoms with Gasteiger partial charge in [0.2, 0.25) is 5.95 Å². The minimum absolute atomic E-state index is 0.292. The highest BCUT2D eigenvalue weighted by Crippen LogP contribution is 2.38. The Kier molecular flexibility index (Phi) is 5.21. The molecule has 5 rings (SSSR count). The van der Waals surface area contributed by atoms with Crippen LogP contribution in [0.5, 0.6) is 11.5 Å². The Bertz CT molecular complexity index is 1030. The maximum atomic E-state index is 6.18. The average Bonchev–Trinajstić information content (AvgIpc) is 3.45. The first-order valence-corrected chi connectivity index (χ1v) is 10.9. The normalized spacial score (nSPS) is 19.7. The van der Waals surface area contributed by atoms with E-state index in [2.05, 4.69) is 37.8 Å². The number of benzene rings is 1. The van der Waals surface area contributed by atoms with Crippen LogP contribution in [-0.4, -0.2) is 58.4 Å². The number of nitrogens with one attached hydrogen (secondary N) is 1. The van der Waals surface area contributed by atoms with Gasteiger partial charge in [-0.25, -0.2) is 0 Å². The van der Waals surface area contributed by atoms with E-state index in [1.165, 1.54) is 13.0 Å². The summed E-state index contributed by atoms with van der Waals surface area (Å²) in [6.07, 6.45) is 6.89. The van der Waals surface area contributed by atoms with E-state index in [1.807, 2.05) is 30.5 Å². The molecule has 3 heterocycles. The van der Waals surface area contributed by atoms with Crippen LogP contribution in [0.3, 0.4) is 0 Å². The zero-order valence-electron chi connectivity index (χ0n) is 17.7. The molecule has 1 aliphatic carbocycles. The third-order valence-electron chi connectivity index (χ3n) is 6.01. The van der Waals surface area contributed by atoms with Crippen molar-refractivity contribution in [2.75, 3.05) is 32.1 Å². The number of likely N-dealkylation sites (tertiary alicyclic amines) is 1. The molecule has 7 heteroatoms. The lowest BCUT2D eigenvalue weighted by atomic mass is 10.1. The second kappa shape index (κ2) is 8.14. The Labute approximate surface area is 177 Å². The molecule has 1 atom stereocenters. The van der Waals surface area contributed by atoms with Gasteiger partial charge in [0.25, 0.3) is 0 Å². The van der Waals surface area contributed by atoms with Crippen molar-refractivity contribution in [1.29, 1.82) is 0 Å². The van der Waals surface area contributed by atoms with Crippen molar-refractivity contribution in [2.45, 2.75) is 44.8 Å². The molecule has 0 amide bonds. The Morgan fingerprint density at radius 1 is 1.17 bits per heavy atom. The number of rotatable bonds is 7. The number of fused-ring (bicyclic) bond motifs is 1. The predicted octanol–water partition coefficient (Wildman–Crippen LogP) is 3.84. The number of hydrogen-bond acceptors (Lipinski definition) is 6. The molecule has 1 aromatic carbocycles. The monoisotopic (exact) mass is 407 g/mol. The molecule has 1 aliphatic heterocycles. The van der Waals surface area contributed by atoms with Gasteiger partial charge >= 0.3 is 0 Å². The summed E-state index contributed by atoms with van der Waals surface area (Å²) in [6.45, 7) is 5.53. The molecule has 1 unspecified atom stereocenters. The van der Waals surface area contributed by atoms with E-state index >= 15 is 0 Å². The fourth-order valence-electron chi connectivity index (χ4n) is 4.18. The smallest absolute Gasteiger partial charge is 0.228 e. The topological polar surface area (TPSA) is 63.9 Å². The van der Waals surface area contributed by atoms with E-state index in [0.717, 1.165) is 66.6 Å². The first-order chi connectivity index (χ1) is 14.7. The summed E-state index contributed by atoms with van der Waals surface area (Å²) in [4.78, 5) is 2.48. The number of methoxy groups -OCH3 is 1. The van der Waals surface area contributed by atoms with E-state index in [9.17, 15) is 0 Å². The lowest BCUT2D eigenvalue weighted by Gasteiger charge is -2.32. The molecule has 3 aromatic rings. The van der Waals surface area contributed by atoms with Crippen LogP contribution in [0.25, 0.3) is 16.8 Å². The summed E-state index contributed by atoms with van der Waals surface area (Å²) in [5, 5.41) is 12.8. The molecule has 1 saturated heterocycles. The summed E-state index contributed by atoms with van der Waals surface area (Å²) in [5.74, 6) is 2.38. The molecule has 1 saturated carbocycles. The number of likely N-dealkylation sites (N-methyl/N-ethyl adjacent to an activating group) is 1. The van der Waals surface area contributed by atoms with Gasteiger partial charge in [0.15, 0.2) is 0 Å². The van der Waals surface area contributed by atoms with Gasteiger partial charge in [-0.3, -0.25) is 4.40 Å². The van der Waals surface area contributed by atoms with E-state index in [0.29, 0.717) is 12.1 Å². The van der Waals surface area contributed by atoms with Crippen LogP contribution in [0.4, 0.5) is 5.95 Å². The molecule has 2 aliphatic rings. The van der Waals surface area contributed by atoms with E-state index in [4.69, 9.17) is 9.47 Å². The standard InChI is InChI=1S/C23H29N5O2/c1-3-27-12-4-6-16(15-27)24-23-26-25-22(20-7-5-13-28(20)23)19-11-10-18(29-2)14-21(19)30-17-8-9-17/h5,7,10-11,13-14,16-17H,3-4,6,8-9,12,15H2,1-2H3,(H,24,26). The Morgan fingerprint density at radius 2 is 2.07 bits per heavy atom. The highest BCUT2D eigenvalue weighted by atomic mass is 16.5. The van der Waals surface area contributed by atoms with Gasteiger partial charge in [0, 0.05) is 30.4 Å². The van der Waals surface area contributed by atoms with Crippen molar-refractivity contribution in [2.24, 2.45) is 0 Å².